The molecule has 3 aliphatic heterocycles. The van der Waals surface area contributed by atoms with Gasteiger partial charge in [-0.1, -0.05) is 28.5 Å². The number of hydrogen-bond donors (Lipinski definition) is 0. The van der Waals surface area contributed by atoms with E-state index in [-0.39, 0.29) is 11.7 Å². The fourth-order valence-electron chi connectivity index (χ4n) is 5.25. The van der Waals surface area contributed by atoms with E-state index >= 15 is 0 Å². The number of hydrogen-bond acceptors (Lipinski definition) is 5. The molecule has 33 heavy (non-hydrogen) atoms. The van der Waals surface area contributed by atoms with Crippen molar-refractivity contribution in [1.29, 1.82) is 0 Å². The second kappa shape index (κ2) is 9.03. The Morgan fingerprint density at radius 2 is 1.94 bits per heavy atom. The molecule has 1 amide bonds. The Bertz CT molecular complexity index is 1150. The van der Waals surface area contributed by atoms with E-state index in [1.807, 2.05) is 29.5 Å². The molecule has 7 nitrogen and oxygen atoms in total. The molecule has 0 saturated carbocycles. The summed E-state index contributed by atoms with van der Waals surface area (Å²) >= 11 is 0. The number of aromatic nitrogens is 3. The summed E-state index contributed by atoms with van der Waals surface area (Å²) in [6, 6.07) is 2.73. The summed E-state index contributed by atoms with van der Waals surface area (Å²) < 4.78 is 1.88. The molecule has 0 aromatic carbocycles. The number of fused-ring (bicyclic) bond motifs is 2. The lowest BCUT2D eigenvalue weighted by Crippen LogP contribution is -2.45. The minimum atomic E-state index is 0.0386. The van der Waals surface area contributed by atoms with Crippen LogP contribution in [0, 0.1) is 13.8 Å². The minimum Gasteiger partial charge on any atom is -0.370 e. The van der Waals surface area contributed by atoms with Crippen molar-refractivity contribution in [1.82, 2.24) is 29.3 Å². The van der Waals surface area contributed by atoms with Crippen molar-refractivity contribution in [2.45, 2.75) is 52.4 Å². The Morgan fingerprint density at radius 1 is 1.18 bits per heavy atom. The lowest BCUT2D eigenvalue weighted by molar-refractivity contribution is -0.123. The van der Waals surface area contributed by atoms with Gasteiger partial charge in [0.15, 0.2) is 0 Å². The zero-order chi connectivity index (χ0) is 23.1. The van der Waals surface area contributed by atoms with E-state index in [0.29, 0.717) is 14.6 Å². The van der Waals surface area contributed by atoms with Gasteiger partial charge in [-0.2, -0.15) is 5.10 Å². The molecule has 0 radical (unpaired) electrons. The molecule has 0 aliphatic carbocycles. The molecule has 1 fully saturated rings. The van der Waals surface area contributed by atoms with Crippen LogP contribution in [0.3, 0.4) is 0 Å². The van der Waals surface area contributed by atoms with Gasteiger partial charge in [0.25, 0.3) is 5.91 Å². The topological polar surface area (TPSA) is 57.0 Å². The monoisotopic (exact) mass is 464 g/mol. The van der Waals surface area contributed by atoms with Crippen molar-refractivity contribution < 1.29 is 4.79 Å². The van der Waals surface area contributed by atoms with Gasteiger partial charge in [0, 0.05) is 36.7 Å². The van der Waals surface area contributed by atoms with Crippen LogP contribution in [0.5, 0.6) is 0 Å². The number of rotatable bonds is 5. The molecule has 0 spiro atoms. The molecule has 0 N–H and O–H groups in total. The molecule has 174 valence electrons. The third kappa shape index (κ3) is 4.24. The number of carbonyl (C=O) groups is 1. The molecule has 2 atom stereocenters. The number of piperidine rings is 1. The first-order valence-electron chi connectivity index (χ1n) is 12.0. The first-order valence-corrected chi connectivity index (χ1v) is 13.1. The largest absolute Gasteiger partial charge is 0.370 e. The Morgan fingerprint density at radius 3 is 2.67 bits per heavy atom. The van der Waals surface area contributed by atoms with Gasteiger partial charge in [-0.15, -0.1) is 0 Å². The van der Waals surface area contributed by atoms with Gasteiger partial charge in [0.05, 0.1) is 40.3 Å². The molecular weight excluding hydrogens is 431 g/mol. The smallest absolute Gasteiger partial charge is 0.252 e. The normalized spacial score (nSPS) is 22.3. The van der Waals surface area contributed by atoms with Crippen molar-refractivity contribution in [3.05, 3.63) is 59.5 Å². The Labute approximate surface area is 197 Å². The van der Waals surface area contributed by atoms with Gasteiger partial charge < -0.3 is 14.7 Å². The number of amides is 1. The van der Waals surface area contributed by atoms with E-state index in [9.17, 15) is 4.79 Å². The van der Waals surface area contributed by atoms with Crippen molar-refractivity contribution in [2.24, 2.45) is 0 Å². The number of carbonyl (C=O) groups excluding carboxylic acids is 1. The summed E-state index contributed by atoms with van der Waals surface area (Å²) in [4.78, 5) is 24.5. The average molecular weight is 465 g/mol. The summed E-state index contributed by atoms with van der Waals surface area (Å²) in [6.45, 7) is 12.8. The summed E-state index contributed by atoms with van der Waals surface area (Å²) in [7, 11) is 0.469. The van der Waals surface area contributed by atoms with Crippen LogP contribution in [-0.4, -0.2) is 73.2 Å². The number of aryl methyl sites for hydroxylation is 2. The molecule has 2 aromatic rings. The predicted octanol–water partition coefficient (Wildman–Crippen LogP) is 3.75. The van der Waals surface area contributed by atoms with Crippen LogP contribution in [0.4, 0.5) is 0 Å². The highest BCUT2D eigenvalue weighted by atomic mass is 31.1. The maximum Gasteiger partial charge on any atom is 0.252 e. The molecule has 1 saturated heterocycles. The minimum absolute atomic E-state index is 0.0386. The van der Waals surface area contributed by atoms with Gasteiger partial charge in [-0.05, 0) is 51.9 Å². The highest BCUT2D eigenvalue weighted by molar-refractivity contribution is 7.51. The van der Waals surface area contributed by atoms with E-state index in [4.69, 9.17) is 5.10 Å². The molecule has 2 unspecified atom stereocenters. The number of nitrogens with zero attached hydrogens (tertiary/aromatic N) is 6. The maximum absolute atomic E-state index is 13.1. The molecule has 8 heteroatoms. The third-order valence-corrected chi connectivity index (χ3v) is 8.52. The third-order valence-electron chi connectivity index (χ3n) is 7.04. The van der Waals surface area contributed by atoms with Crippen LogP contribution in [0.1, 0.15) is 43.8 Å². The van der Waals surface area contributed by atoms with Crippen molar-refractivity contribution in [2.75, 3.05) is 26.2 Å². The van der Waals surface area contributed by atoms with Crippen LogP contribution in [0.25, 0.3) is 10.8 Å². The van der Waals surface area contributed by atoms with Crippen LogP contribution >= 0.6 is 8.58 Å². The first-order chi connectivity index (χ1) is 16.0. The van der Waals surface area contributed by atoms with Gasteiger partial charge in [0.2, 0.25) is 0 Å². The summed E-state index contributed by atoms with van der Waals surface area (Å²) in [5, 5.41) is 5.76. The second-order valence-corrected chi connectivity index (χ2v) is 10.5. The highest BCUT2D eigenvalue weighted by Crippen LogP contribution is 2.44. The van der Waals surface area contributed by atoms with Gasteiger partial charge in [0.1, 0.15) is 0 Å². The maximum atomic E-state index is 13.1. The summed E-state index contributed by atoms with van der Waals surface area (Å²) in [5.74, 6) is 0.108. The van der Waals surface area contributed by atoms with E-state index in [1.54, 1.807) is 6.08 Å². The molecule has 5 heterocycles. The molecular formula is C25H33N6OP. The number of likely N-dealkylation sites (tertiary alicyclic amines) is 1. The summed E-state index contributed by atoms with van der Waals surface area (Å²) in [6.07, 6.45) is 12.5. The second-order valence-electron chi connectivity index (χ2n) is 9.07. The number of allylic oxidation sites excluding steroid dienone is 1. The first kappa shape index (κ1) is 22.3. The van der Waals surface area contributed by atoms with Crippen LogP contribution < -0.4 is 0 Å². The zero-order valence-electron chi connectivity index (χ0n) is 20.0. The zero-order valence-corrected chi connectivity index (χ0v) is 21.0. The lowest BCUT2D eigenvalue weighted by atomic mass is 10.0. The van der Waals surface area contributed by atoms with Gasteiger partial charge in [-0.3, -0.25) is 9.78 Å². The van der Waals surface area contributed by atoms with Gasteiger partial charge >= 0.3 is 0 Å². The average Bonchev–Trinajstić information content (AvgIpc) is 3.25. The fourth-order valence-corrected chi connectivity index (χ4v) is 6.58. The van der Waals surface area contributed by atoms with Crippen molar-refractivity contribution >= 4 is 25.3 Å². The van der Waals surface area contributed by atoms with Crippen molar-refractivity contribution in [3.8, 4) is 0 Å². The van der Waals surface area contributed by atoms with Gasteiger partial charge in [-0.25, -0.2) is 4.52 Å². The Hall–Kier alpha value is -2.50. The van der Waals surface area contributed by atoms with Crippen molar-refractivity contribution in [3.63, 3.8) is 0 Å². The van der Waals surface area contributed by atoms with E-state index in [2.05, 4.69) is 53.0 Å². The summed E-state index contributed by atoms with van der Waals surface area (Å²) in [5.41, 5.74) is 4.91. The SMILES string of the molecule is CCN(CC)C1CCN(C2=CN3C(=O)C=C(c4cc5c(C)nc(C)cn5n4)PC3C=C2)CC1. The highest BCUT2D eigenvalue weighted by Gasteiger charge is 2.31. The van der Waals surface area contributed by atoms with Crippen LogP contribution in [0.2, 0.25) is 0 Å². The van der Waals surface area contributed by atoms with Crippen LogP contribution in [0.15, 0.2) is 42.4 Å². The van der Waals surface area contributed by atoms with E-state index in [0.717, 1.165) is 59.8 Å². The lowest BCUT2D eigenvalue weighted by Gasteiger charge is -2.41. The molecule has 2 aromatic heterocycles. The molecule has 5 rings (SSSR count). The quantitative estimate of drug-likeness (QED) is 0.631. The Kier molecular flexibility index (Phi) is 6.11. The molecule has 3 aliphatic rings. The Balaban J connectivity index is 1.32. The van der Waals surface area contributed by atoms with E-state index in [1.165, 1.54) is 12.8 Å². The predicted molar refractivity (Wildman–Crippen MR) is 134 cm³/mol. The standard InChI is InChI=1S/C25H33N6OP/c1-5-28(6-2)19-9-11-29(12-10-19)20-7-8-25-30(16-20)24(32)14-23(33-25)21-13-22-18(4)26-17(3)15-31(22)27-21/h7-8,13-16,19,25,33H,5-6,9-12H2,1-4H3. The van der Waals surface area contributed by atoms with E-state index < -0.39 is 0 Å². The fraction of sp³-hybridized carbons (Fsp3) is 0.480. The molecule has 0 bridgehead atoms. The van der Waals surface area contributed by atoms with Crippen LogP contribution in [-0.2, 0) is 4.79 Å².